The lowest BCUT2D eigenvalue weighted by molar-refractivity contribution is 0.660. The summed E-state index contributed by atoms with van der Waals surface area (Å²) in [4.78, 5) is 5.91. The number of thioether (sulfide) groups is 1. The van der Waals surface area contributed by atoms with E-state index < -0.39 is 0 Å². The van der Waals surface area contributed by atoms with Crippen LogP contribution in [0.3, 0.4) is 0 Å². The summed E-state index contributed by atoms with van der Waals surface area (Å²) in [6, 6.07) is 11.5. The van der Waals surface area contributed by atoms with Gasteiger partial charge in [0.15, 0.2) is 5.17 Å². The van der Waals surface area contributed by atoms with Gasteiger partial charge in [-0.1, -0.05) is 47.2 Å². The molecule has 0 saturated carbocycles. The van der Waals surface area contributed by atoms with Crippen molar-refractivity contribution >= 4 is 28.3 Å². The highest BCUT2D eigenvalue weighted by atomic mass is 32.2. The van der Waals surface area contributed by atoms with Crippen LogP contribution < -0.4 is 5.32 Å². The van der Waals surface area contributed by atoms with Gasteiger partial charge in [0.05, 0.1) is 12.6 Å². The molecule has 1 aliphatic heterocycles. The topological polar surface area (TPSA) is 24.4 Å². The molecule has 110 valence electrons. The number of hydrogen-bond donors (Lipinski definition) is 1. The normalized spacial score (nSPS) is 15.8. The Labute approximate surface area is 134 Å². The van der Waals surface area contributed by atoms with E-state index in [1.165, 1.54) is 21.6 Å². The number of aryl methyl sites for hydroxylation is 2. The van der Waals surface area contributed by atoms with Crippen molar-refractivity contribution in [2.75, 3.05) is 12.3 Å². The first-order valence-electron chi connectivity index (χ1n) is 7.25. The Hall–Kier alpha value is -1.26. The van der Waals surface area contributed by atoms with Gasteiger partial charge in [-0.25, -0.2) is 0 Å². The highest BCUT2D eigenvalue weighted by Crippen LogP contribution is 2.25. The van der Waals surface area contributed by atoms with Crippen LogP contribution in [0.25, 0.3) is 0 Å². The van der Waals surface area contributed by atoms with E-state index in [2.05, 4.69) is 59.9 Å². The first-order chi connectivity index (χ1) is 10.2. The number of nitrogens with zero attached hydrogens (tertiary/aromatic N) is 1. The van der Waals surface area contributed by atoms with E-state index in [0.29, 0.717) is 6.04 Å². The van der Waals surface area contributed by atoms with Crippen LogP contribution in [0.1, 0.15) is 27.6 Å². The fourth-order valence-electron chi connectivity index (χ4n) is 2.71. The number of thiophene rings is 1. The molecule has 0 amide bonds. The maximum absolute atomic E-state index is 4.54. The van der Waals surface area contributed by atoms with Crippen molar-refractivity contribution < 1.29 is 0 Å². The van der Waals surface area contributed by atoms with Gasteiger partial charge in [0.1, 0.15) is 0 Å². The minimum atomic E-state index is 0.315. The molecule has 3 rings (SSSR count). The van der Waals surface area contributed by atoms with E-state index in [0.717, 1.165) is 23.9 Å². The summed E-state index contributed by atoms with van der Waals surface area (Å²) < 4.78 is 0. The van der Waals surface area contributed by atoms with E-state index in [1.54, 1.807) is 0 Å². The summed E-state index contributed by atoms with van der Waals surface area (Å²) in [5, 5.41) is 6.87. The Morgan fingerprint density at radius 1 is 1.24 bits per heavy atom. The lowest BCUT2D eigenvalue weighted by Crippen LogP contribution is -2.26. The largest absolute Gasteiger partial charge is 0.357 e. The van der Waals surface area contributed by atoms with Crippen LogP contribution in [-0.2, 0) is 6.42 Å². The van der Waals surface area contributed by atoms with Gasteiger partial charge in [-0.15, -0.1) is 11.3 Å². The molecule has 1 N–H and O–H groups in total. The monoisotopic (exact) mass is 316 g/mol. The summed E-state index contributed by atoms with van der Waals surface area (Å²) >= 11 is 3.64. The predicted octanol–water partition coefficient (Wildman–Crippen LogP) is 4.34. The smallest absolute Gasteiger partial charge is 0.157 e. The Bertz CT molecular complexity index is 612. The highest BCUT2D eigenvalue weighted by molar-refractivity contribution is 8.14. The van der Waals surface area contributed by atoms with Crippen molar-refractivity contribution in [2.24, 2.45) is 4.99 Å². The molecule has 21 heavy (non-hydrogen) atoms. The molecular weight excluding hydrogens is 296 g/mol. The van der Waals surface area contributed by atoms with Crippen LogP contribution in [0, 0.1) is 13.8 Å². The molecule has 0 radical (unpaired) electrons. The summed E-state index contributed by atoms with van der Waals surface area (Å²) in [5.74, 6) is 1.10. The average Bonchev–Trinajstić information content (AvgIpc) is 3.10. The maximum Gasteiger partial charge on any atom is 0.157 e. The van der Waals surface area contributed by atoms with Gasteiger partial charge in [-0.05, 0) is 37.3 Å². The third-order valence-electron chi connectivity index (χ3n) is 3.49. The lowest BCUT2D eigenvalue weighted by Gasteiger charge is -2.19. The Balaban J connectivity index is 1.81. The molecule has 1 atom stereocenters. The zero-order valence-electron chi connectivity index (χ0n) is 12.4. The van der Waals surface area contributed by atoms with Gasteiger partial charge in [0.25, 0.3) is 0 Å². The van der Waals surface area contributed by atoms with Crippen molar-refractivity contribution in [3.63, 3.8) is 0 Å². The molecule has 0 saturated heterocycles. The van der Waals surface area contributed by atoms with Crippen LogP contribution in [0.4, 0.5) is 0 Å². The minimum absolute atomic E-state index is 0.315. The van der Waals surface area contributed by atoms with Crippen LogP contribution in [0.5, 0.6) is 0 Å². The van der Waals surface area contributed by atoms with Crippen LogP contribution in [0.15, 0.2) is 40.7 Å². The summed E-state index contributed by atoms with van der Waals surface area (Å²) in [6.45, 7) is 5.27. The zero-order chi connectivity index (χ0) is 14.7. The summed E-state index contributed by atoms with van der Waals surface area (Å²) in [5.41, 5.74) is 4.06. The van der Waals surface area contributed by atoms with Crippen molar-refractivity contribution in [1.29, 1.82) is 0 Å². The molecule has 0 aliphatic carbocycles. The van der Waals surface area contributed by atoms with Gasteiger partial charge < -0.3 is 5.32 Å². The molecule has 2 nitrogen and oxygen atoms in total. The number of aliphatic imine (C=N–C) groups is 1. The summed E-state index contributed by atoms with van der Waals surface area (Å²) in [7, 11) is 0. The van der Waals surface area contributed by atoms with Gasteiger partial charge in [0, 0.05) is 10.6 Å². The molecular formula is C17H20N2S2. The predicted molar refractivity (Wildman–Crippen MR) is 94.6 cm³/mol. The summed E-state index contributed by atoms with van der Waals surface area (Å²) in [6.07, 6.45) is 1.00. The molecule has 1 unspecified atom stereocenters. The maximum atomic E-state index is 4.54. The Kier molecular flexibility index (Phi) is 4.66. The number of benzene rings is 1. The molecule has 0 spiro atoms. The van der Waals surface area contributed by atoms with E-state index >= 15 is 0 Å². The molecule has 1 aliphatic rings. The van der Waals surface area contributed by atoms with Gasteiger partial charge >= 0.3 is 0 Å². The van der Waals surface area contributed by atoms with Crippen molar-refractivity contribution in [3.8, 4) is 0 Å². The van der Waals surface area contributed by atoms with Crippen molar-refractivity contribution in [3.05, 3.63) is 57.3 Å². The minimum Gasteiger partial charge on any atom is -0.357 e. The zero-order valence-corrected chi connectivity index (χ0v) is 14.1. The first-order valence-corrected chi connectivity index (χ1v) is 9.11. The highest BCUT2D eigenvalue weighted by Gasteiger charge is 2.17. The average molecular weight is 316 g/mol. The second-order valence-corrected chi connectivity index (χ2v) is 7.51. The van der Waals surface area contributed by atoms with Crippen LogP contribution in [0.2, 0.25) is 0 Å². The van der Waals surface area contributed by atoms with E-state index in [9.17, 15) is 0 Å². The Morgan fingerprint density at radius 3 is 2.67 bits per heavy atom. The van der Waals surface area contributed by atoms with Crippen LogP contribution >= 0.6 is 23.1 Å². The number of amidine groups is 1. The second-order valence-electron chi connectivity index (χ2n) is 5.45. The van der Waals surface area contributed by atoms with E-state index in [-0.39, 0.29) is 0 Å². The quantitative estimate of drug-likeness (QED) is 0.907. The third-order valence-corrected chi connectivity index (χ3v) is 5.38. The van der Waals surface area contributed by atoms with Crippen molar-refractivity contribution in [1.82, 2.24) is 5.32 Å². The second kappa shape index (κ2) is 6.67. The molecule has 0 fully saturated rings. The van der Waals surface area contributed by atoms with Crippen LogP contribution in [-0.4, -0.2) is 17.5 Å². The van der Waals surface area contributed by atoms with Gasteiger partial charge in [-0.2, -0.15) is 0 Å². The van der Waals surface area contributed by atoms with Crippen molar-refractivity contribution in [2.45, 2.75) is 26.3 Å². The third kappa shape index (κ3) is 3.89. The molecule has 4 heteroatoms. The van der Waals surface area contributed by atoms with Gasteiger partial charge in [0.2, 0.25) is 0 Å². The number of hydrogen-bond acceptors (Lipinski definition) is 4. The standard InChI is InChI=1S/C17H20N2S2/c1-12-8-13(2)10-14(9-12)11-15(16-4-3-6-20-16)19-17-18-5-7-21-17/h3-4,6,8-10,15H,5,7,11H2,1-2H3,(H,18,19). The number of nitrogens with one attached hydrogen (secondary N) is 1. The molecule has 1 aromatic heterocycles. The SMILES string of the molecule is Cc1cc(C)cc(CC(NC2=NCCS2)c2cccs2)c1. The van der Waals surface area contributed by atoms with Gasteiger partial charge in [-0.3, -0.25) is 4.99 Å². The fourth-order valence-corrected chi connectivity index (χ4v) is 4.27. The van der Waals surface area contributed by atoms with E-state index in [1.807, 2.05) is 23.1 Å². The molecule has 2 aromatic rings. The molecule has 1 aromatic carbocycles. The number of rotatable bonds is 4. The lowest BCUT2D eigenvalue weighted by atomic mass is 10.0. The first kappa shape index (κ1) is 14.7. The van der Waals surface area contributed by atoms with E-state index in [4.69, 9.17) is 0 Å². The molecule has 2 heterocycles. The fraction of sp³-hybridized carbons (Fsp3) is 0.353. The molecule has 0 bridgehead atoms. The Morgan fingerprint density at radius 2 is 2.05 bits per heavy atom.